The molecular formula is C19H15F2NO2. The zero-order valence-electron chi connectivity index (χ0n) is 13.0. The molecular weight excluding hydrogens is 312 g/mol. The van der Waals surface area contributed by atoms with Crippen molar-refractivity contribution >= 4 is 5.97 Å². The molecule has 3 aromatic rings. The van der Waals surface area contributed by atoms with E-state index in [0.29, 0.717) is 12.1 Å². The lowest BCUT2D eigenvalue weighted by molar-refractivity contribution is 0.0589. The first-order valence-corrected chi connectivity index (χ1v) is 7.36. The van der Waals surface area contributed by atoms with Gasteiger partial charge in [0.25, 0.3) is 0 Å². The Balaban J connectivity index is 2.06. The van der Waals surface area contributed by atoms with Crippen LogP contribution < -0.4 is 0 Å². The molecule has 0 aliphatic heterocycles. The Morgan fingerprint density at radius 1 is 1.08 bits per heavy atom. The van der Waals surface area contributed by atoms with Crippen LogP contribution in [0.1, 0.15) is 16.1 Å². The number of esters is 1. The molecule has 0 spiro atoms. The molecule has 24 heavy (non-hydrogen) atoms. The first-order chi connectivity index (χ1) is 11.6. The van der Waals surface area contributed by atoms with Gasteiger partial charge in [0.05, 0.1) is 7.11 Å². The topological polar surface area (TPSA) is 31.2 Å². The van der Waals surface area contributed by atoms with Gasteiger partial charge in [-0.05, 0) is 29.8 Å². The molecule has 0 radical (unpaired) electrons. The second-order valence-electron chi connectivity index (χ2n) is 5.34. The number of carbonyl (C=O) groups excluding carboxylic acids is 1. The summed E-state index contributed by atoms with van der Waals surface area (Å²) in [5, 5.41) is 0. The van der Waals surface area contributed by atoms with Crippen LogP contribution in [0.5, 0.6) is 0 Å². The molecule has 122 valence electrons. The van der Waals surface area contributed by atoms with Crippen molar-refractivity contribution in [3.8, 4) is 11.1 Å². The summed E-state index contributed by atoms with van der Waals surface area (Å²) >= 11 is 0. The largest absolute Gasteiger partial charge is 0.464 e. The van der Waals surface area contributed by atoms with Gasteiger partial charge in [-0.25, -0.2) is 13.6 Å². The fourth-order valence-electron chi connectivity index (χ4n) is 2.56. The SMILES string of the molecule is COC(=O)c1cc(-c2cc(F)ccc2F)cn1Cc1ccccc1. The molecule has 0 saturated carbocycles. The van der Waals surface area contributed by atoms with E-state index >= 15 is 0 Å². The molecule has 2 aromatic carbocycles. The molecule has 0 atom stereocenters. The molecule has 3 nitrogen and oxygen atoms in total. The van der Waals surface area contributed by atoms with E-state index in [0.717, 1.165) is 23.8 Å². The summed E-state index contributed by atoms with van der Waals surface area (Å²) in [4.78, 5) is 12.0. The Hall–Kier alpha value is -2.95. The minimum Gasteiger partial charge on any atom is -0.464 e. The van der Waals surface area contributed by atoms with Gasteiger partial charge in [0.15, 0.2) is 0 Å². The van der Waals surface area contributed by atoms with E-state index in [9.17, 15) is 13.6 Å². The fourth-order valence-corrected chi connectivity index (χ4v) is 2.56. The van der Waals surface area contributed by atoms with Crippen LogP contribution in [-0.2, 0) is 11.3 Å². The molecule has 0 unspecified atom stereocenters. The minimum absolute atomic E-state index is 0.104. The van der Waals surface area contributed by atoms with Crippen molar-refractivity contribution in [2.45, 2.75) is 6.54 Å². The van der Waals surface area contributed by atoms with Crippen LogP contribution in [0.2, 0.25) is 0 Å². The third-order valence-electron chi connectivity index (χ3n) is 3.73. The predicted octanol–water partition coefficient (Wildman–Crippen LogP) is 4.27. The lowest BCUT2D eigenvalue weighted by Gasteiger charge is -2.07. The molecule has 5 heteroatoms. The number of hydrogen-bond donors (Lipinski definition) is 0. The Kier molecular flexibility index (Phi) is 4.42. The van der Waals surface area contributed by atoms with Crippen molar-refractivity contribution in [3.05, 3.63) is 83.7 Å². The average Bonchev–Trinajstić information content (AvgIpc) is 3.01. The van der Waals surface area contributed by atoms with Gasteiger partial charge in [0.2, 0.25) is 0 Å². The van der Waals surface area contributed by atoms with Gasteiger partial charge in [-0.3, -0.25) is 0 Å². The molecule has 0 fully saturated rings. The van der Waals surface area contributed by atoms with Gasteiger partial charge in [-0.2, -0.15) is 0 Å². The molecule has 0 N–H and O–H groups in total. The van der Waals surface area contributed by atoms with Crippen molar-refractivity contribution in [1.82, 2.24) is 4.57 Å². The Morgan fingerprint density at radius 2 is 1.83 bits per heavy atom. The molecule has 0 aliphatic rings. The minimum atomic E-state index is -0.551. The standard InChI is InChI=1S/C19H15F2NO2/c1-24-19(23)18-9-14(16-10-15(20)7-8-17(16)21)12-22(18)11-13-5-3-2-4-6-13/h2-10,12H,11H2,1H3. The van der Waals surface area contributed by atoms with E-state index in [4.69, 9.17) is 4.74 Å². The maximum atomic E-state index is 14.0. The van der Waals surface area contributed by atoms with Crippen LogP contribution in [0.3, 0.4) is 0 Å². The molecule has 3 rings (SSSR count). The summed E-state index contributed by atoms with van der Waals surface area (Å²) in [5.41, 5.74) is 1.78. The van der Waals surface area contributed by atoms with Gasteiger partial charge in [0, 0.05) is 23.9 Å². The predicted molar refractivity (Wildman–Crippen MR) is 86.7 cm³/mol. The summed E-state index contributed by atoms with van der Waals surface area (Å²) < 4.78 is 33.9. The third kappa shape index (κ3) is 3.20. The van der Waals surface area contributed by atoms with Crippen molar-refractivity contribution in [1.29, 1.82) is 0 Å². The first kappa shape index (κ1) is 15.9. The van der Waals surface area contributed by atoms with Crippen molar-refractivity contribution in [3.63, 3.8) is 0 Å². The first-order valence-electron chi connectivity index (χ1n) is 7.36. The lowest BCUT2D eigenvalue weighted by Crippen LogP contribution is -2.10. The van der Waals surface area contributed by atoms with Crippen molar-refractivity contribution in [2.75, 3.05) is 7.11 Å². The number of nitrogens with zero attached hydrogens (tertiary/aromatic N) is 1. The van der Waals surface area contributed by atoms with Crippen LogP contribution in [0.4, 0.5) is 8.78 Å². The zero-order chi connectivity index (χ0) is 17.1. The van der Waals surface area contributed by atoms with E-state index in [-0.39, 0.29) is 11.3 Å². The normalized spacial score (nSPS) is 10.6. The van der Waals surface area contributed by atoms with Gasteiger partial charge in [-0.15, -0.1) is 0 Å². The van der Waals surface area contributed by atoms with Crippen LogP contribution in [0, 0.1) is 11.6 Å². The smallest absolute Gasteiger partial charge is 0.354 e. The lowest BCUT2D eigenvalue weighted by atomic mass is 10.1. The van der Waals surface area contributed by atoms with Gasteiger partial charge < -0.3 is 9.30 Å². The maximum Gasteiger partial charge on any atom is 0.354 e. The maximum absolute atomic E-state index is 14.0. The van der Waals surface area contributed by atoms with Crippen molar-refractivity contribution < 1.29 is 18.3 Å². The summed E-state index contributed by atoms with van der Waals surface area (Å²) in [6, 6.07) is 14.3. The number of rotatable bonds is 4. The van der Waals surface area contributed by atoms with Crippen LogP contribution >= 0.6 is 0 Å². The van der Waals surface area contributed by atoms with E-state index in [1.807, 2.05) is 30.3 Å². The van der Waals surface area contributed by atoms with Gasteiger partial charge in [-0.1, -0.05) is 30.3 Å². The van der Waals surface area contributed by atoms with E-state index in [2.05, 4.69) is 0 Å². The van der Waals surface area contributed by atoms with Crippen LogP contribution in [0.25, 0.3) is 11.1 Å². The zero-order valence-corrected chi connectivity index (χ0v) is 13.0. The van der Waals surface area contributed by atoms with Crippen molar-refractivity contribution in [2.24, 2.45) is 0 Å². The number of aromatic nitrogens is 1. The van der Waals surface area contributed by atoms with E-state index in [1.54, 1.807) is 10.8 Å². The second kappa shape index (κ2) is 6.66. The highest BCUT2D eigenvalue weighted by Gasteiger charge is 2.17. The molecule has 1 heterocycles. The average molecular weight is 327 g/mol. The highest BCUT2D eigenvalue weighted by Crippen LogP contribution is 2.27. The van der Waals surface area contributed by atoms with Gasteiger partial charge >= 0.3 is 5.97 Å². The summed E-state index contributed by atoms with van der Waals surface area (Å²) in [7, 11) is 1.28. The molecule has 0 aliphatic carbocycles. The second-order valence-corrected chi connectivity index (χ2v) is 5.34. The number of ether oxygens (including phenoxy) is 1. The van der Waals surface area contributed by atoms with Crippen LogP contribution in [-0.4, -0.2) is 17.6 Å². The summed E-state index contributed by atoms with van der Waals surface area (Å²) in [6.45, 7) is 0.419. The molecule has 0 saturated heterocycles. The fraction of sp³-hybridized carbons (Fsp3) is 0.105. The van der Waals surface area contributed by atoms with E-state index in [1.165, 1.54) is 13.2 Å². The van der Waals surface area contributed by atoms with Crippen LogP contribution in [0.15, 0.2) is 60.8 Å². The summed E-state index contributed by atoms with van der Waals surface area (Å²) in [6.07, 6.45) is 1.62. The number of benzene rings is 2. The molecule has 1 aromatic heterocycles. The number of hydrogen-bond acceptors (Lipinski definition) is 2. The number of carbonyl (C=O) groups is 1. The highest BCUT2D eigenvalue weighted by molar-refractivity contribution is 5.90. The molecule has 0 amide bonds. The van der Waals surface area contributed by atoms with E-state index < -0.39 is 17.6 Å². The molecule has 0 bridgehead atoms. The number of methoxy groups -OCH3 is 1. The monoisotopic (exact) mass is 327 g/mol. The number of halogens is 2. The Morgan fingerprint density at radius 3 is 2.54 bits per heavy atom. The Labute approximate surface area is 138 Å². The third-order valence-corrected chi connectivity index (χ3v) is 3.73. The summed E-state index contributed by atoms with van der Waals surface area (Å²) in [5.74, 6) is -1.62. The highest BCUT2D eigenvalue weighted by atomic mass is 19.1. The quantitative estimate of drug-likeness (QED) is 0.670. The Bertz CT molecular complexity index is 872. The van der Waals surface area contributed by atoms with Gasteiger partial charge in [0.1, 0.15) is 17.3 Å².